The Morgan fingerprint density at radius 1 is 1.14 bits per heavy atom. The van der Waals surface area contributed by atoms with E-state index in [1.54, 1.807) is 13.0 Å². The van der Waals surface area contributed by atoms with E-state index in [0.717, 1.165) is 21.5 Å². The molecule has 2 aromatic rings. The predicted octanol–water partition coefficient (Wildman–Crippen LogP) is 5.88. The molecule has 0 spiro atoms. The van der Waals surface area contributed by atoms with E-state index in [4.69, 9.17) is 4.74 Å². The van der Waals surface area contributed by atoms with Crippen molar-refractivity contribution in [2.24, 2.45) is 0 Å². The number of aryl methyl sites for hydroxylation is 1. The zero-order valence-corrected chi connectivity index (χ0v) is 14.3. The molecule has 2 rings (SSSR count). The Bertz CT molecular complexity index is 675. The molecule has 2 nitrogen and oxygen atoms in total. The zero-order valence-electron chi connectivity index (χ0n) is 12.7. The Morgan fingerprint density at radius 3 is 2.43 bits per heavy atom. The van der Waals surface area contributed by atoms with Crippen LogP contribution in [0.3, 0.4) is 0 Å². The van der Waals surface area contributed by atoms with Gasteiger partial charge in [-0.2, -0.15) is 0 Å². The molecule has 0 atom stereocenters. The molecular formula is C18H19BrO2. The minimum atomic E-state index is 0.0341. The lowest BCUT2D eigenvalue weighted by atomic mass is 10.0. The fraction of sp³-hybridized carbons (Fsp3) is 0.278. The summed E-state index contributed by atoms with van der Waals surface area (Å²) in [5.41, 5.74) is 3.00. The van der Waals surface area contributed by atoms with Crippen molar-refractivity contribution in [1.29, 1.82) is 0 Å². The van der Waals surface area contributed by atoms with E-state index in [0.29, 0.717) is 11.5 Å². The second-order valence-corrected chi connectivity index (χ2v) is 6.35. The van der Waals surface area contributed by atoms with Gasteiger partial charge < -0.3 is 4.74 Å². The largest absolute Gasteiger partial charge is 0.457 e. The number of halogens is 1. The van der Waals surface area contributed by atoms with Crippen LogP contribution in [0.15, 0.2) is 40.9 Å². The Balaban J connectivity index is 2.36. The lowest BCUT2D eigenvalue weighted by molar-refractivity contribution is 0.101. The zero-order chi connectivity index (χ0) is 15.6. The molecule has 0 bridgehead atoms. The van der Waals surface area contributed by atoms with Crippen molar-refractivity contribution in [2.75, 3.05) is 0 Å². The molecule has 3 heteroatoms. The van der Waals surface area contributed by atoms with E-state index in [1.165, 1.54) is 5.56 Å². The summed E-state index contributed by atoms with van der Waals surface area (Å²) in [6.07, 6.45) is 0. The molecular weight excluding hydrogens is 328 g/mol. The number of carbonyl (C=O) groups excluding carboxylic acids is 1. The van der Waals surface area contributed by atoms with E-state index >= 15 is 0 Å². The van der Waals surface area contributed by atoms with Crippen LogP contribution in [0.25, 0.3) is 0 Å². The van der Waals surface area contributed by atoms with Gasteiger partial charge >= 0.3 is 0 Å². The summed E-state index contributed by atoms with van der Waals surface area (Å²) in [7, 11) is 0. The number of hydrogen-bond donors (Lipinski definition) is 0. The smallest absolute Gasteiger partial charge is 0.160 e. The van der Waals surface area contributed by atoms with Crippen LogP contribution in [-0.4, -0.2) is 5.78 Å². The number of benzene rings is 2. The first kappa shape index (κ1) is 15.8. The molecule has 0 fully saturated rings. The highest BCUT2D eigenvalue weighted by molar-refractivity contribution is 9.10. The number of hydrogen-bond acceptors (Lipinski definition) is 2. The molecule has 0 unspecified atom stereocenters. The van der Waals surface area contributed by atoms with E-state index in [2.05, 4.69) is 41.9 Å². The second-order valence-electron chi connectivity index (χ2n) is 5.50. The van der Waals surface area contributed by atoms with Crippen molar-refractivity contribution < 1.29 is 9.53 Å². The first-order valence-corrected chi connectivity index (χ1v) is 7.76. The van der Waals surface area contributed by atoms with Crippen LogP contribution in [0, 0.1) is 6.92 Å². The standard InChI is InChI=1S/C18H19BrO2/c1-11(2)15-7-5-12(3)9-18(15)21-14-6-8-16(13(4)20)17(19)10-14/h5-11H,1-4H3. The molecule has 0 aliphatic carbocycles. The summed E-state index contributed by atoms with van der Waals surface area (Å²) >= 11 is 3.42. The topological polar surface area (TPSA) is 26.3 Å². The molecule has 0 saturated carbocycles. The highest BCUT2D eigenvalue weighted by atomic mass is 79.9. The summed E-state index contributed by atoms with van der Waals surface area (Å²) < 4.78 is 6.78. The van der Waals surface area contributed by atoms with E-state index in [9.17, 15) is 4.79 Å². The summed E-state index contributed by atoms with van der Waals surface area (Å²) in [5, 5.41) is 0. The van der Waals surface area contributed by atoms with Crippen LogP contribution in [0.2, 0.25) is 0 Å². The monoisotopic (exact) mass is 346 g/mol. The molecule has 0 N–H and O–H groups in total. The average Bonchev–Trinajstić information content (AvgIpc) is 2.37. The van der Waals surface area contributed by atoms with Crippen LogP contribution < -0.4 is 4.74 Å². The maximum atomic E-state index is 11.5. The van der Waals surface area contributed by atoms with E-state index in [-0.39, 0.29) is 5.78 Å². The number of rotatable bonds is 4. The van der Waals surface area contributed by atoms with Gasteiger partial charge in [0.2, 0.25) is 0 Å². The van der Waals surface area contributed by atoms with Gasteiger partial charge in [-0.15, -0.1) is 0 Å². The first-order valence-electron chi connectivity index (χ1n) is 6.97. The molecule has 2 aromatic carbocycles. The normalized spacial score (nSPS) is 10.8. The van der Waals surface area contributed by atoms with Gasteiger partial charge in [0.1, 0.15) is 11.5 Å². The second kappa shape index (κ2) is 6.44. The van der Waals surface area contributed by atoms with Crippen LogP contribution in [0.5, 0.6) is 11.5 Å². The molecule has 0 radical (unpaired) electrons. The van der Waals surface area contributed by atoms with Crippen molar-refractivity contribution >= 4 is 21.7 Å². The van der Waals surface area contributed by atoms with Gasteiger partial charge in [-0.05, 0) is 71.1 Å². The molecule has 21 heavy (non-hydrogen) atoms. The Kier molecular flexibility index (Phi) is 4.84. The number of carbonyl (C=O) groups is 1. The van der Waals surface area contributed by atoms with Crippen LogP contribution in [-0.2, 0) is 0 Å². The van der Waals surface area contributed by atoms with Crippen molar-refractivity contribution in [3.63, 3.8) is 0 Å². The molecule has 0 aliphatic heterocycles. The molecule has 0 aromatic heterocycles. The van der Waals surface area contributed by atoms with Crippen molar-refractivity contribution in [2.45, 2.75) is 33.6 Å². The third kappa shape index (κ3) is 3.73. The quantitative estimate of drug-likeness (QED) is 0.646. The third-order valence-electron chi connectivity index (χ3n) is 3.34. The number of ether oxygens (including phenoxy) is 1. The van der Waals surface area contributed by atoms with Gasteiger partial charge in [0.05, 0.1) is 0 Å². The fourth-order valence-electron chi connectivity index (χ4n) is 2.18. The highest BCUT2D eigenvalue weighted by Crippen LogP contribution is 2.33. The van der Waals surface area contributed by atoms with Crippen molar-refractivity contribution in [3.8, 4) is 11.5 Å². The van der Waals surface area contributed by atoms with Gasteiger partial charge in [0.25, 0.3) is 0 Å². The summed E-state index contributed by atoms with van der Waals surface area (Å²) in [5.74, 6) is 2.01. The van der Waals surface area contributed by atoms with Gasteiger partial charge in [0, 0.05) is 10.0 Å². The minimum absolute atomic E-state index is 0.0341. The molecule has 0 heterocycles. The molecule has 0 saturated heterocycles. The lowest BCUT2D eigenvalue weighted by Gasteiger charge is -2.15. The third-order valence-corrected chi connectivity index (χ3v) is 3.99. The summed E-state index contributed by atoms with van der Waals surface area (Å²) in [4.78, 5) is 11.5. The predicted molar refractivity (Wildman–Crippen MR) is 89.5 cm³/mol. The SMILES string of the molecule is CC(=O)c1ccc(Oc2cc(C)ccc2C(C)C)cc1Br. The first-order chi connectivity index (χ1) is 9.88. The van der Waals surface area contributed by atoms with Gasteiger partial charge in [-0.25, -0.2) is 0 Å². The molecule has 110 valence electrons. The Labute approximate surface area is 134 Å². The van der Waals surface area contributed by atoms with Crippen LogP contribution in [0.4, 0.5) is 0 Å². The molecule has 0 aliphatic rings. The maximum Gasteiger partial charge on any atom is 0.160 e. The van der Waals surface area contributed by atoms with Crippen LogP contribution in [0.1, 0.15) is 48.2 Å². The Hall–Kier alpha value is -1.61. The highest BCUT2D eigenvalue weighted by Gasteiger charge is 2.11. The maximum absolute atomic E-state index is 11.5. The van der Waals surface area contributed by atoms with E-state index < -0.39 is 0 Å². The summed E-state index contributed by atoms with van der Waals surface area (Å²) in [6, 6.07) is 11.7. The van der Waals surface area contributed by atoms with Gasteiger partial charge in [-0.3, -0.25) is 4.79 Å². The van der Waals surface area contributed by atoms with Gasteiger partial charge in [0.15, 0.2) is 5.78 Å². The average molecular weight is 347 g/mol. The van der Waals surface area contributed by atoms with Crippen LogP contribution >= 0.6 is 15.9 Å². The van der Waals surface area contributed by atoms with Gasteiger partial charge in [-0.1, -0.05) is 26.0 Å². The van der Waals surface area contributed by atoms with Crippen molar-refractivity contribution in [3.05, 3.63) is 57.6 Å². The number of ketones is 1. The fourth-order valence-corrected chi connectivity index (χ4v) is 2.82. The van der Waals surface area contributed by atoms with Crippen molar-refractivity contribution in [1.82, 2.24) is 0 Å². The molecule has 0 amide bonds. The lowest BCUT2D eigenvalue weighted by Crippen LogP contribution is -1.97. The minimum Gasteiger partial charge on any atom is -0.457 e. The Morgan fingerprint density at radius 2 is 1.86 bits per heavy atom. The summed E-state index contributed by atoms with van der Waals surface area (Å²) in [6.45, 7) is 7.89. The van der Waals surface area contributed by atoms with E-state index in [1.807, 2.05) is 25.1 Å². The number of Topliss-reactive ketones (excluding diaryl/α,β-unsaturated/α-hetero) is 1.